The van der Waals surface area contributed by atoms with E-state index in [4.69, 9.17) is 11.6 Å². The Labute approximate surface area is 124 Å². The first kappa shape index (κ1) is 15.8. The number of hydrogen-bond donors (Lipinski definition) is 1. The molecule has 3 nitrogen and oxygen atoms in total. The van der Waals surface area contributed by atoms with Crippen LogP contribution in [0.2, 0.25) is 5.02 Å². The Bertz CT molecular complexity index is 455. The molecule has 1 heterocycles. The van der Waals surface area contributed by atoms with E-state index in [1.807, 2.05) is 13.2 Å². The molecular formula is C9H13BrClNO2S3. The minimum absolute atomic E-state index is 0.0768. The summed E-state index contributed by atoms with van der Waals surface area (Å²) in [5.41, 5.74) is 0. The van der Waals surface area contributed by atoms with E-state index in [-0.39, 0.29) is 10.3 Å². The summed E-state index contributed by atoms with van der Waals surface area (Å²) in [4.78, 5) is 0. The molecule has 0 aromatic carbocycles. The molecule has 0 aliphatic carbocycles. The highest BCUT2D eigenvalue weighted by Gasteiger charge is 2.20. The quantitative estimate of drug-likeness (QED) is 0.823. The summed E-state index contributed by atoms with van der Waals surface area (Å²) in [5, 5.41) is 0.423. The first-order chi connectivity index (χ1) is 7.86. The normalized spacial score (nSPS) is 13.9. The van der Waals surface area contributed by atoms with Gasteiger partial charge in [-0.15, -0.1) is 11.3 Å². The van der Waals surface area contributed by atoms with Gasteiger partial charge in [0, 0.05) is 6.04 Å². The van der Waals surface area contributed by atoms with Crippen LogP contribution < -0.4 is 4.72 Å². The van der Waals surface area contributed by atoms with Gasteiger partial charge >= 0.3 is 0 Å². The minimum atomic E-state index is -3.45. The molecule has 1 atom stereocenters. The summed E-state index contributed by atoms with van der Waals surface area (Å²) >= 11 is 11.8. The highest BCUT2D eigenvalue weighted by Crippen LogP contribution is 2.34. The Morgan fingerprint density at radius 1 is 1.65 bits per heavy atom. The summed E-state index contributed by atoms with van der Waals surface area (Å²) in [7, 11) is -3.45. The standard InChI is InChI=1S/C9H13BrClNO2S3/c1-6(3-4-15-2)12-17(13,14)8-5-7(11)9(10)16-8/h5-6,12H,3-4H2,1-2H3. The van der Waals surface area contributed by atoms with E-state index in [1.165, 1.54) is 6.07 Å². The van der Waals surface area contributed by atoms with Crippen LogP contribution in [0, 0.1) is 0 Å². The lowest BCUT2D eigenvalue weighted by Gasteiger charge is -2.12. The Hall–Kier alpha value is 0.730. The predicted molar refractivity (Wildman–Crippen MR) is 79.8 cm³/mol. The monoisotopic (exact) mass is 377 g/mol. The van der Waals surface area contributed by atoms with Gasteiger partial charge in [0.15, 0.2) is 0 Å². The molecule has 98 valence electrons. The van der Waals surface area contributed by atoms with Gasteiger partial charge in [0.1, 0.15) is 4.21 Å². The Balaban J connectivity index is 2.75. The second kappa shape index (κ2) is 6.77. The maximum absolute atomic E-state index is 12.0. The fourth-order valence-corrected chi connectivity index (χ4v) is 5.42. The van der Waals surface area contributed by atoms with Gasteiger partial charge in [-0.3, -0.25) is 0 Å². The van der Waals surface area contributed by atoms with Crippen LogP contribution >= 0.6 is 50.6 Å². The molecule has 0 saturated carbocycles. The summed E-state index contributed by atoms with van der Waals surface area (Å²) in [6.45, 7) is 1.86. The SMILES string of the molecule is CSCCC(C)NS(=O)(=O)c1cc(Cl)c(Br)s1. The van der Waals surface area contributed by atoms with Crippen molar-refractivity contribution in [2.75, 3.05) is 12.0 Å². The van der Waals surface area contributed by atoms with Crippen molar-refractivity contribution in [3.05, 3.63) is 14.9 Å². The van der Waals surface area contributed by atoms with Crippen molar-refractivity contribution >= 4 is 60.7 Å². The lowest BCUT2D eigenvalue weighted by atomic mass is 10.3. The average molecular weight is 379 g/mol. The van der Waals surface area contributed by atoms with Gasteiger partial charge in [-0.05, 0) is 47.3 Å². The molecule has 1 unspecified atom stereocenters. The predicted octanol–water partition coefficient (Wildman–Crippen LogP) is 3.58. The smallest absolute Gasteiger partial charge is 0.208 e. The number of halogens is 2. The lowest BCUT2D eigenvalue weighted by molar-refractivity contribution is 0.559. The lowest BCUT2D eigenvalue weighted by Crippen LogP contribution is -2.32. The third kappa shape index (κ3) is 4.72. The first-order valence-corrected chi connectivity index (χ1v) is 9.69. The van der Waals surface area contributed by atoms with Crippen molar-refractivity contribution in [2.24, 2.45) is 0 Å². The van der Waals surface area contributed by atoms with Crippen LogP contribution in [0.3, 0.4) is 0 Å². The number of hydrogen-bond acceptors (Lipinski definition) is 4. The van der Waals surface area contributed by atoms with Crippen LogP contribution in [-0.4, -0.2) is 26.5 Å². The maximum atomic E-state index is 12.0. The van der Waals surface area contributed by atoms with Crippen molar-refractivity contribution in [1.29, 1.82) is 0 Å². The van der Waals surface area contributed by atoms with E-state index < -0.39 is 10.0 Å². The van der Waals surface area contributed by atoms with E-state index in [2.05, 4.69) is 20.7 Å². The van der Waals surface area contributed by atoms with E-state index in [9.17, 15) is 8.42 Å². The number of rotatable bonds is 6. The molecule has 0 aliphatic rings. The van der Waals surface area contributed by atoms with Crippen molar-refractivity contribution < 1.29 is 8.42 Å². The zero-order valence-corrected chi connectivity index (χ0v) is 14.2. The Morgan fingerprint density at radius 3 is 2.76 bits per heavy atom. The van der Waals surface area contributed by atoms with Gasteiger partial charge in [0.05, 0.1) is 8.81 Å². The molecule has 0 spiro atoms. The highest BCUT2D eigenvalue weighted by molar-refractivity contribution is 9.11. The fourth-order valence-electron chi connectivity index (χ4n) is 1.14. The Morgan fingerprint density at radius 2 is 2.29 bits per heavy atom. The second-order valence-corrected chi connectivity index (χ2v) is 9.19. The molecular weight excluding hydrogens is 366 g/mol. The van der Waals surface area contributed by atoms with Gasteiger partial charge in [0.2, 0.25) is 10.0 Å². The van der Waals surface area contributed by atoms with Crippen LogP contribution in [0.5, 0.6) is 0 Å². The van der Waals surface area contributed by atoms with Crippen LogP contribution in [-0.2, 0) is 10.0 Å². The van der Waals surface area contributed by atoms with Crippen LogP contribution in [0.15, 0.2) is 14.1 Å². The second-order valence-electron chi connectivity index (χ2n) is 3.49. The van der Waals surface area contributed by atoms with Gasteiger partial charge in [-0.1, -0.05) is 11.6 Å². The van der Waals surface area contributed by atoms with E-state index in [0.29, 0.717) is 8.81 Å². The molecule has 0 amide bonds. The van der Waals surface area contributed by atoms with Crippen LogP contribution in [0.1, 0.15) is 13.3 Å². The first-order valence-electron chi connectivity index (χ1n) is 4.83. The van der Waals surface area contributed by atoms with E-state index in [1.54, 1.807) is 11.8 Å². The molecule has 1 aromatic heterocycles. The van der Waals surface area contributed by atoms with Crippen LogP contribution in [0.25, 0.3) is 0 Å². The van der Waals surface area contributed by atoms with E-state index in [0.717, 1.165) is 23.5 Å². The summed E-state index contributed by atoms with van der Waals surface area (Å²) in [6.07, 6.45) is 2.80. The molecule has 0 aliphatic heterocycles. The van der Waals surface area contributed by atoms with Gasteiger partial charge in [-0.2, -0.15) is 11.8 Å². The van der Waals surface area contributed by atoms with Crippen molar-refractivity contribution in [3.8, 4) is 0 Å². The number of nitrogens with one attached hydrogen (secondary N) is 1. The van der Waals surface area contributed by atoms with Gasteiger partial charge in [0.25, 0.3) is 0 Å². The largest absolute Gasteiger partial charge is 0.250 e. The highest BCUT2D eigenvalue weighted by atomic mass is 79.9. The molecule has 0 fully saturated rings. The molecule has 0 bridgehead atoms. The number of thiophene rings is 1. The number of thioether (sulfide) groups is 1. The topological polar surface area (TPSA) is 46.2 Å². The van der Waals surface area contributed by atoms with Crippen molar-refractivity contribution in [1.82, 2.24) is 4.72 Å². The average Bonchev–Trinajstić information content (AvgIpc) is 2.56. The van der Waals surface area contributed by atoms with Crippen molar-refractivity contribution in [2.45, 2.75) is 23.6 Å². The summed E-state index contributed by atoms with van der Waals surface area (Å²) in [6, 6.07) is 1.38. The zero-order chi connectivity index (χ0) is 13.1. The molecule has 1 rings (SSSR count). The fraction of sp³-hybridized carbons (Fsp3) is 0.556. The number of sulfonamides is 1. The zero-order valence-electron chi connectivity index (χ0n) is 9.37. The summed E-state index contributed by atoms with van der Waals surface area (Å²) < 4.78 is 27.5. The van der Waals surface area contributed by atoms with Gasteiger partial charge < -0.3 is 0 Å². The molecule has 0 saturated heterocycles. The molecule has 1 aromatic rings. The molecule has 8 heteroatoms. The van der Waals surface area contributed by atoms with E-state index >= 15 is 0 Å². The van der Waals surface area contributed by atoms with Crippen molar-refractivity contribution in [3.63, 3.8) is 0 Å². The Kier molecular flexibility index (Phi) is 6.29. The maximum Gasteiger partial charge on any atom is 0.250 e. The van der Waals surface area contributed by atoms with Gasteiger partial charge in [-0.25, -0.2) is 13.1 Å². The molecule has 17 heavy (non-hydrogen) atoms. The third-order valence-corrected chi connectivity index (χ3v) is 7.18. The minimum Gasteiger partial charge on any atom is -0.208 e. The summed E-state index contributed by atoms with van der Waals surface area (Å²) in [5.74, 6) is 0.929. The molecule has 1 N–H and O–H groups in total. The van der Waals surface area contributed by atoms with Crippen LogP contribution in [0.4, 0.5) is 0 Å². The molecule has 0 radical (unpaired) electrons. The third-order valence-electron chi connectivity index (χ3n) is 2.00.